The summed E-state index contributed by atoms with van der Waals surface area (Å²) in [5, 5.41) is 12.4. The van der Waals surface area contributed by atoms with Gasteiger partial charge in [-0.3, -0.25) is 0 Å². The van der Waals surface area contributed by atoms with E-state index in [0.29, 0.717) is 6.20 Å². The zero-order valence-corrected chi connectivity index (χ0v) is 8.94. The second-order valence-electron chi connectivity index (χ2n) is 3.52. The molecule has 1 aromatic heterocycles. The van der Waals surface area contributed by atoms with Crippen molar-refractivity contribution in [3.63, 3.8) is 0 Å². The quantitative estimate of drug-likeness (QED) is 0.792. The molecular formula is C11H7F3N4. The Kier molecular flexibility index (Phi) is 2.71. The molecule has 0 saturated heterocycles. The zero-order valence-electron chi connectivity index (χ0n) is 8.94. The molecule has 0 aliphatic heterocycles. The van der Waals surface area contributed by atoms with Crippen LogP contribution in [0.15, 0.2) is 30.6 Å². The highest BCUT2D eigenvalue weighted by Crippen LogP contribution is 2.30. The number of hydrogen-bond donors (Lipinski definition) is 1. The molecule has 92 valence electrons. The van der Waals surface area contributed by atoms with Crippen LogP contribution >= 0.6 is 0 Å². The average molecular weight is 252 g/mol. The van der Waals surface area contributed by atoms with Crippen molar-refractivity contribution in [3.05, 3.63) is 41.7 Å². The molecule has 0 fully saturated rings. The third-order valence-corrected chi connectivity index (χ3v) is 2.36. The highest BCUT2D eigenvalue weighted by molar-refractivity contribution is 5.66. The summed E-state index contributed by atoms with van der Waals surface area (Å²) < 4.78 is 38.3. The first-order valence-corrected chi connectivity index (χ1v) is 4.84. The molecule has 0 unspecified atom stereocenters. The van der Waals surface area contributed by atoms with Crippen LogP contribution in [0.1, 0.15) is 11.1 Å². The summed E-state index contributed by atoms with van der Waals surface area (Å²) in [5.41, 5.74) is 5.33. The molecule has 18 heavy (non-hydrogen) atoms. The van der Waals surface area contributed by atoms with E-state index in [4.69, 9.17) is 11.0 Å². The van der Waals surface area contributed by atoms with E-state index in [0.717, 1.165) is 10.9 Å². The number of benzene rings is 1. The Bertz CT molecular complexity index is 622. The van der Waals surface area contributed by atoms with E-state index in [1.165, 1.54) is 18.2 Å². The van der Waals surface area contributed by atoms with E-state index in [-0.39, 0.29) is 16.9 Å². The van der Waals surface area contributed by atoms with Crippen LogP contribution in [0.3, 0.4) is 0 Å². The fourth-order valence-electron chi connectivity index (χ4n) is 1.45. The molecule has 2 N–H and O–H groups in total. The lowest BCUT2D eigenvalue weighted by Crippen LogP contribution is -2.04. The van der Waals surface area contributed by atoms with Crippen molar-refractivity contribution in [1.29, 1.82) is 5.26 Å². The predicted octanol–water partition coefficient (Wildman–Crippen LogP) is 2.34. The highest BCUT2D eigenvalue weighted by Gasteiger charge is 2.32. The molecule has 0 aliphatic rings. The number of para-hydroxylation sites is 1. The summed E-state index contributed by atoms with van der Waals surface area (Å²) >= 11 is 0. The molecule has 4 nitrogen and oxygen atoms in total. The van der Waals surface area contributed by atoms with Crippen molar-refractivity contribution in [2.45, 2.75) is 6.18 Å². The first-order valence-electron chi connectivity index (χ1n) is 4.84. The molecule has 0 saturated carbocycles. The van der Waals surface area contributed by atoms with E-state index in [1.807, 2.05) is 6.07 Å². The molecule has 0 spiro atoms. The second-order valence-corrected chi connectivity index (χ2v) is 3.52. The van der Waals surface area contributed by atoms with E-state index in [2.05, 4.69) is 5.10 Å². The summed E-state index contributed by atoms with van der Waals surface area (Å²) in [6.45, 7) is 0. The third-order valence-electron chi connectivity index (χ3n) is 2.36. The van der Waals surface area contributed by atoms with E-state index in [9.17, 15) is 13.2 Å². The Morgan fingerprint density at radius 3 is 2.61 bits per heavy atom. The molecular weight excluding hydrogens is 245 g/mol. The van der Waals surface area contributed by atoms with Crippen LogP contribution in [0, 0.1) is 11.3 Å². The van der Waals surface area contributed by atoms with Crippen molar-refractivity contribution < 1.29 is 13.2 Å². The van der Waals surface area contributed by atoms with Gasteiger partial charge in [-0.1, -0.05) is 6.07 Å². The van der Waals surface area contributed by atoms with Gasteiger partial charge in [0.1, 0.15) is 6.07 Å². The maximum absolute atomic E-state index is 12.4. The van der Waals surface area contributed by atoms with Crippen LogP contribution in [-0.2, 0) is 6.18 Å². The third kappa shape index (κ3) is 2.00. The van der Waals surface area contributed by atoms with Gasteiger partial charge in [-0.2, -0.15) is 23.5 Å². The first kappa shape index (κ1) is 12.0. The predicted molar refractivity (Wildman–Crippen MR) is 57.7 cm³/mol. The number of nitrogen functional groups attached to an aromatic ring is 1. The number of halogens is 3. The summed E-state index contributed by atoms with van der Waals surface area (Å²) in [6.07, 6.45) is -2.93. The van der Waals surface area contributed by atoms with Gasteiger partial charge in [0.25, 0.3) is 0 Å². The second kappa shape index (κ2) is 4.07. The zero-order chi connectivity index (χ0) is 13.3. The van der Waals surface area contributed by atoms with Crippen LogP contribution in [-0.4, -0.2) is 9.78 Å². The smallest absolute Gasteiger partial charge is 0.396 e. The van der Waals surface area contributed by atoms with Gasteiger partial charge in [-0.15, -0.1) is 0 Å². The fraction of sp³-hybridized carbons (Fsp3) is 0.0909. The molecule has 7 heteroatoms. The van der Waals surface area contributed by atoms with Gasteiger partial charge in [0.05, 0.1) is 28.7 Å². The van der Waals surface area contributed by atoms with Gasteiger partial charge in [0, 0.05) is 6.20 Å². The van der Waals surface area contributed by atoms with Crippen LogP contribution < -0.4 is 5.73 Å². The monoisotopic (exact) mass is 252 g/mol. The maximum Gasteiger partial charge on any atom is 0.419 e. The summed E-state index contributed by atoms with van der Waals surface area (Å²) in [4.78, 5) is 0. The number of nitrogens with zero attached hydrogens (tertiary/aromatic N) is 3. The molecule has 1 heterocycles. The Hall–Kier alpha value is -2.49. The van der Waals surface area contributed by atoms with Gasteiger partial charge in [-0.05, 0) is 12.1 Å². The standard InChI is InChI=1S/C11H7F3N4/c12-11(13,14)8-5-17-18(6-8)9-3-1-2-7(4-15)10(9)16/h1-3,5-6H,16H2. The molecule has 0 amide bonds. The minimum atomic E-state index is -4.46. The topological polar surface area (TPSA) is 67.6 Å². The maximum atomic E-state index is 12.4. The van der Waals surface area contributed by atoms with Gasteiger partial charge < -0.3 is 5.73 Å². The molecule has 2 rings (SSSR count). The average Bonchev–Trinajstić information content (AvgIpc) is 2.78. The molecule has 0 radical (unpaired) electrons. The molecule has 1 aromatic carbocycles. The Morgan fingerprint density at radius 1 is 1.33 bits per heavy atom. The first-order chi connectivity index (χ1) is 8.43. The van der Waals surface area contributed by atoms with Gasteiger partial charge in [-0.25, -0.2) is 4.68 Å². The summed E-state index contributed by atoms with van der Waals surface area (Å²) in [6, 6.07) is 6.35. The van der Waals surface area contributed by atoms with Crippen molar-refractivity contribution in [1.82, 2.24) is 9.78 Å². The van der Waals surface area contributed by atoms with Crippen LogP contribution in [0.25, 0.3) is 5.69 Å². The molecule has 0 bridgehead atoms. The highest BCUT2D eigenvalue weighted by atomic mass is 19.4. The van der Waals surface area contributed by atoms with Crippen LogP contribution in [0.2, 0.25) is 0 Å². The normalized spacial score (nSPS) is 11.2. The number of alkyl halides is 3. The number of anilines is 1. The Labute approximate surface area is 100 Å². The van der Waals surface area contributed by atoms with E-state index >= 15 is 0 Å². The van der Waals surface area contributed by atoms with Crippen molar-refractivity contribution >= 4 is 5.69 Å². The lowest BCUT2D eigenvalue weighted by atomic mass is 10.1. The number of nitrogens with two attached hydrogens (primary N) is 1. The van der Waals surface area contributed by atoms with E-state index < -0.39 is 11.7 Å². The number of nitriles is 1. The van der Waals surface area contributed by atoms with E-state index in [1.54, 1.807) is 0 Å². The SMILES string of the molecule is N#Cc1cccc(-n2cc(C(F)(F)F)cn2)c1N. The summed E-state index contributed by atoms with van der Waals surface area (Å²) in [5.74, 6) is 0. The summed E-state index contributed by atoms with van der Waals surface area (Å²) in [7, 11) is 0. The van der Waals surface area contributed by atoms with Crippen molar-refractivity contribution in [2.24, 2.45) is 0 Å². The van der Waals surface area contributed by atoms with Gasteiger partial charge >= 0.3 is 6.18 Å². The number of hydrogen-bond acceptors (Lipinski definition) is 3. The minimum Gasteiger partial charge on any atom is -0.396 e. The lowest BCUT2D eigenvalue weighted by molar-refractivity contribution is -0.137. The largest absolute Gasteiger partial charge is 0.419 e. The Balaban J connectivity index is 2.51. The lowest BCUT2D eigenvalue weighted by Gasteiger charge is -2.06. The minimum absolute atomic E-state index is 0.0943. The molecule has 0 aliphatic carbocycles. The van der Waals surface area contributed by atoms with Crippen LogP contribution in [0.4, 0.5) is 18.9 Å². The van der Waals surface area contributed by atoms with Gasteiger partial charge in [0.15, 0.2) is 0 Å². The van der Waals surface area contributed by atoms with Crippen molar-refractivity contribution in [3.8, 4) is 11.8 Å². The van der Waals surface area contributed by atoms with Crippen molar-refractivity contribution in [2.75, 3.05) is 5.73 Å². The number of rotatable bonds is 1. The fourth-order valence-corrected chi connectivity index (χ4v) is 1.45. The van der Waals surface area contributed by atoms with Gasteiger partial charge in [0.2, 0.25) is 0 Å². The molecule has 2 aromatic rings. The molecule has 0 atom stereocenters. The van der Waals surface area contributed by atoms with Crippen LogP contribution in [0.5, 0.6) is 0 Å². The number of aromatic nitrogens is 2. The Morgan fingerprint density at radius 2 is 2.06 bits per heavy atom.